The van der Waals surface area contributed by atoms with E-state index < -0.39 is 17.7 Å². The van der Waals surface area contributed by atoms with Crippen molar-refractivity contribution in [3.05, 3.63) is 206 Å². The third kappa shape index (κ3) is 11.8. The number of amides is 2. The van der Waals surface area contributed by atoms with Gasteiger partial charge < -0.3 is 50.8 Å². The minimum atomic E-state index is -2.31. The smallest absolute Gasteiger partial charge is 0.345 e. The molecule has 7 aromatic rings. The van der Waals surface area contributed by atoms with Crippen LogP contribution in [0.1, 0.15) is 91.4 Å². The van der Waals surface area contributed by atoms with E-state index in [4.69, 9.17) is 9.47 Å². The van der Waals surface area contributed by atoms with Crippen molar-refractivity contribution >= 4 is 28.7 Å². The summed E-state index contributed by atoms with van der Waals surface area (Å²) in [6, 6.07) is 42.1. The molecule has 15 heteroatoms. The number of hydrogen-bond acceptors (Lipinski definition) is 11. The lowest BCUT2D eigenvalue weighted by Crippen LogP contribution is -2.53. The van der Waals surface area contributed by atoms with Gasteiger partial charge in [0.25, 0.3) is 11.8 Å². The zero-order valence-electron chi connectivity index (χ0n) is 41.1. The summed E-state index contributed by atoms with van der Waals surface area (Å²) in [5.41, 5.74) is 3.21. The predicted octanol–water partition coefficient (Wildman–Crippen LogP) is 7.11. The number of phenols is 1. The average Bonchev–Trinajstić information content (AvgIpc) is 3.40. The van der Waals surface area contributed by atoms with Crippen molar-refractivity contribution in [3.63, 3.8) is 0 Å². The summed E-state index contributed by atoms with van der Waals surface area (Å²) in [7, 11) is 1.52. The Bertz CT molecular complexity index is 3170. The predicted molar refractivity (Wildman–Crippen MR) is 280 cm³/mol. The van der Waals surface area contributed by atoms with E-state index in [0.29, 0.717) is 70.9 Å². The second kappa shape index (κ2) is 22.9. The minimum Gasteiger partial charge on any atom is -0.506 e. The molecule has 1 saturated carbocycles. The highest BCUT2D eigenvalue weighted by Crippen LogP contribution is 2.37. The Morgan fingerprint density at radius 2 is 1.47 bits per heavy atom. The molecule has 0 radical (unpaired) electrons. The lowest BCUT2D eigenvalue weighted by molar-refractivity contribution is -0.155. The molecule has 2 fully saturated rings. The zero-order chi connectivity index (χ0) is 51.8. The fraction of sp³-hybridized carbons (Fsp3) is 0.288. The van der Waals surface area contributed by atoms with Gasteiger partial charge in [-0.2, -0.15) is 0 Å². The molecule has 1 saturated heterocycles. The molecule has 0 bridgehead atoms. The fourth-order valence-electron chi connectivity index (χ4n) is 10.1. The quantitative estimate of drug-likeness (QED) is 0.0383. The van der Waals surface area contributed by atoms with Crippen molar-refractivity contribution in [1.82, 2.24) is 25.8 Å². The molecule has 382 valence electrons. The molecule has 15 nitrogen and oxygen atoms in total. The third-order valence-corrected chi connectivity index (χ3v) is 14.3. The van der Waals surface area contributed by atoms with Crippen LogP contribution in [0.5, 0.6) is 17.2 Å². The zero-order valence-corrected chi connectivity index (χ0v) is 41.1. The Morgan fingerprint density at radius 3 is 2.20 bits per heavy atom. The number of pyridine rings is 1. The molecule has 0 spiro atoms. The summed E-state index contributed by atoms with van der Waals surface area (Å²) in [4.78, 5) is 56.3. The number of nitrogens with one attached hydrogen (secondary N) is 4. The second-order valence-corrected chi connectivity index (χ2v) is 19.4. The van der Waals surface area contributed by atoms with Gasteiger partial charge in [-0.25, -0.2) is 4.79 Å². The first-order chi connectivity index (χ1) is 35.8. The summed E-state index contributed by atoms with van der Waals surface area (Å²) in [6.07, 6.45) is 2.81. The van der Waals surface area contributed by atoms with Crippen LogP contribution in [0.2, 0.25) is 0 Å². The molecule has 9 rings (SSSR count). The number of carbonyl (C=O) groups excluding carboxylic acids is 2. The van der Waals surface area contributed by atoms with Gasteiger partial charge in [-0.05, 0) is 122 Å². The Balaban J connectivity index is 0.725. The number of carboxylic acid groups (broad SMARTS) is 1. The van der Waals surface area contributed by atoms with E-state index in [9.17, 15) is 39.6 Å². The number of aliphatic hydroxyl groups is 2. The lowest BCUT2D eigenvalue weighted by atomic mass is 9.80. The van der Waals surface area contributed by atoms with Gasteiger partial charge in [-0.3, -0.25) is 19.3 Å². The van der Waals surface area contributed by atoms with Crippen molar-refractivity contribution in [2.75, 3.05) is 26.7 Å². The van der Waals surface area contributed by atoms with Gasteiger partial charge in [0, 0.05) is 71.0 Å². The SMILES string of the molecule is COc1cc(C(=O)NC2CC(NC(=O)c3ccc(COc4cccc(C(O)(C(=O)O)c5ccccc5CC5CCN(Cc6ccccc6)CC5)c4)cc3)C2)ccc1CNC[C@H](O)c1ccc(O)c2[nH]c(=O)ccc12. The number of aromatic hydroxyl groups is 1. The molecule has 2 heterocycles. The molecule has 2 amide bonds. The number of H-pyrrole nitrogens is 1. The van der Waals surface area contributed by atoms with E-state index in [2.05, 4.69) is 50.1 Å². The Hall–Kier alpha value is -7.82. The van der Waals surface area contributed by atoms with E-state index in [1.54, 1.807) is 91.0 Å². The highest BCUT2D eigenvalue weighted by atomic mass is 16.5. The van der Waals surface area contributed by atoms with E-state index in [-0.39, 0.29) is 59.4 Å². The Morgan fingerprint density at radius 1 is 0.770 bits per heavy atom. The van der Waals surface area contributed by atoms with Gasteiger partial charge in [-0.15, -0.1) is 0 Å². The first-order valence-corrected chi connectivity index (χ1v) is 25.0. The maximum Gasteiger partial charge on any atom is 0.345 e. The van der Waals surface area contributed by atoms with Gasteiger partial charge >= 0.3 is 5.97 Å². The number of hydrogen-bond donors (Lipinski definition) is 8. The Kier molecular flexibility index (Phi) is 15.8. The van der Waals surface area contributed by atoms with E-state index >= 15 is 0 Å². The molecule has 6 aromatic carbocycles. The van der Waals surface area contributed by atoms with Crippen LogP contribution in [0.4, 0.5) is 0 Å². The highest BCUT2D eigenvalue weighted by Gasteiger charge is 2.42. The first-order valence-electron chi connectivity index (χ1n) is 25.0. The summed E-state index contributed by atoms with van der Waals surface area (Å²) in [5, 5.41) is 53.7. The molecule has 2 aliphatic rings. The molecule has 1 aliphatic heterocycles. The van der Waals surface area contributed by atoms with Crippen LogP contribution in [-0.4, -0.2) is 86.9 Å². The number of nitrogens with zero attached hydrogens (tertiary/aromatic N) is 1. The first kappa shape index (κ1) is 51.1. The normalized spacial score (nSPS) is 17.1. The minimum absolute atomic E-state index is 0.0868. The molecule has 8 N–H and O–H groups in total. The number of piperidine rings is 1. The maximum absolute atomic E-state index is 13.2. The van der Waals surface area contributed by atoms with E-state index in [0.717, 1.165) is 49.2 Å². The topological polar surface area (TPSA) is 223 Å². The number of carbonyl (C=O) groups is 3. The van der Waals surface area contributed by atoms with Crippen LogP contribution in [0.25, 0.3) is 10.9 Å². The van der Waals surface area contributed by atoms with Crippen LogP contribution >= 0.6 is 0 Å². The number of ether oxygens (including phenoxy) is 2. The largest absolute Gasteiger partial charge is 0.506 e. The van der Waals surface area contributed by atoms with Crippen LogP contribution in [0, 0.1) is 5.92 Å². The number of aromatic nitrogens is 1. The van der Waals surface area contributed by atoms with Crippen LogP contribution < -0.4 is 31.0 Å². The fourth-order valence-corrected chi connectivity index (χ4v) is 10.1. The van der Waals surface area contributed by atoms with Crippen molar-refractivity contribution in [1.29, 1.82) is 0 Å². The summed E-state index contributed by atoms with van der Waals surface area (Å²) < 4.78 is 11.7. The number of aliphatic hydroxyl groups excluding tert-OH is 1. The monoisotopic (exact) mass is 999 g/mol. The van der Waals surface area contributed by atoms with Crippen molar-refractivity contribution < 1.29 is 44.3 Å². The number of methoxy groups -OCH3 is 1. The van der Waals surface area contributed by atoms with Gasteiger partial charge in [0.1, 0.15) is 23.9 Å². The van der Waals surface area contributed by atoms with Gasteiger partial charge in [-0.1, -0.05) is 91.0 Å². The number of rotatable bonds is 20. The number of likely N-dealkylation sites (tertiary alicyclic amines) is 1. The second-order valence-electron chi connectivity index (χ2n) is 19.4. The highest BCUT2D eigenvalue weighted by molar-refractivity contribution is 5.96. The molecule has 1 unspecified atom stereocenters. The Labute approximate surface area is 428 Å². The van der Waals surface area contributed by atoms with Gasteiger partial charge in [0.05, 0.1) is 18.7 Å². The molecular formula is C59H61N5O10. The van der Waals surface area contributed by atoms with Gasteiger partial charge in [0.2, 0.25) is 11.2 Å². The third-order valence-electron chi connectivity index (χ3n) is 14.3. The number of aliphatic carboxylic acids is 1. The number of aromatic amines is 1. The van der Waals surface area contributed by atoms with Crippen molar-refractivity contribution in [3.8, 4) is 17.2 Å². The van der Waals surface area contributed by atoms with Crippen molar-refractivity contribution in [2.45, 2.75) is 75.6 Å². The van der Waals surface area contributed by atoms with E-state index in [1.165, 1.54) is 24.8 Å². The van der Waals surface area contributed by atoms with Crippen molar-refractivity contribution in [2.24, 2.45) is 5.92 Å². The molecule has 1 aliphatic carbocycles. The molecule has 2 atom stereocenters. The van der Waals surface area contributed by atoms with Crippen LogP contribution in [0.3, 0.4) is 0 Å². The maximum atomic E-state index is 13.2. The molecule has 1 aromatic heterocycles. The molecular weight excluding hydrogens is 939 g/mol. The number of benzene rings is 6. The van der Waals surface area contributed by atoms with Gasteiger partial charge in [0.15, 0.2) is 0 Å². The molecule has 74 heavy (non-hydrogen) atoms. The van der Waals surface area contributed by atoms with E-state index in [1.807, 2.05) is 18.2 Å². The summed E-state index contributed by atoms with van der Waals surface area (Å²) in [6.45, 7) is 3.45. The number of fused-ring (bicyclic) bond motifs is 1. The number of carboxylic acids is 1. The number of phenolic OH excluding ortho intramolecular Hbond substituents is 1. The van der Waals surface area contributed by atoms with Crippen LogP contribution in [0.15, 0.2) is 150 Å². The van der Waals surface area contributed by atoms with Crippen LogP contribution in [-0.2, 0) is 36.5 Å². The summed E-state index contributed by atoms with van der Waals surface area (Å²) >= 11 is 0. The average molecular weight is 1000 g/mol. The standard InChI is InChI=1S/C59H61N5O10/c1-73-53-29-42(18-19-43(53)33-60-34-52(66)48-20-22-51(65)55-49(48)21-23-54(67)63-55)57(69)62-46-31-45(32-46)61-56(68)40-16-14-39(15-17-40)36-74-47-12-7-11-44(30-47)59(72,58(70)71)50-13-6-5-10-41(50)28-37-24-26-64(27-25-37)35-38-8-3-2-4-9-38/h2-23,29-30,37,45-46,52,60,65-66,72H,24-28,31-36H2,1H3,(H,61,68)(H,62,69)(H,63,67)(H,70,71)/t45?,46?,52-,59?/m0/s1. The summed E-state index contributed by atoms with van der Waals surface area (Å²) in [5.74, 6) is -0.728. The lowest BCUT2D eigenvalue weighted by Gasteiger charge is -2.36.